The van der Waals surface area contributed by atoms with Gasteiger partial charge in [-0.2, -0.15) is 0 Å². The van der Waals surface area contributed by atoms with Crippen LogP contribution in [0.5, 0.6) is 17.2 Å². The predicted molar refractivity (Wildman–Crippen MR) is 116 cm³/mol. The van der Waals surface area contributed by atoms with E-state index in [9.17, 15) is 19.7 Å². The standard InChI is InChI=1S/C22H23ClN2O7/c1-30-20-11-14(22(27)31-13-21(26)24-16-5-3-2-4-6-16)7-9-19(20)32-18-10-8-15(23)12-17(18)25(28)29/h7-12,16H,2-6,13H2,1H3,(H,24,26). The van der Waals surface area contributed by atoms with Crippen LogP contribution in [0.15, 0.2) is 36.4 Å². The highest BCUT2D eigenvalue weighted by atomic mass is 35.5. The van der Waals surface area contributed by atoms with Gasteiger partial charge in [-0.05, 0) is 43.2 Å². The van der Waals surface area contributed by atoms with Crippen LogP contribution in [0.2, 0.25) is 5.02 Å². The largest absolute Gasteiger partial charge is 0.493 e. The molecule has 0 aliphatic heterocycles. The van der Waals surface area contributed by atoms with Crippen LogP contribution in [-0.2, 0) is 9.53 Å². The number of ether oxygens (including phenoxy) is 3. The van der Waals surface area contributed by atoms with Gasteiger partial charge in [0, 0.05) is 17.1 Å². The summed E-state index contributed by atoms with van der Waals surface area (Å²) in [5.74, 6) is -0.759. The molecule has 1 aliphatic carbocycles. The molecule has 0 bridgehead atoms. The number of halogens is 1. The molecule has 0 unspecified atom stereocenters. The lowest BCUT2D eigenvalue weighted by Gasteiger charge is -2.22. The first-order valence-electron chi connectivity index (χ1n) is 10.1. The van der Waals surface area contributed by atoms with Gasteiger partial charge in [0.25, 0.3) is 5.91 Å². The van der Waals surface area contributed by atoms with Crippen molar-refractivity contribution in [1.29, 1.82) is 0 Å². The maximum Gasteiger partial charge on any atom is 0.338 e. The summed E-state index contributed by atoms with van der Waals surface area (Å²) < 4.78 is 16.0. The quantitative estimate of drug-likeness (QED) is 0.344. The minimum Gasteiger partial charge on any atom is -0.493 e. The van der Waals surface area contributed by atoms with E-state index in [1.807, 2.05) is 0 Å². The highest BCUT2D eigenvalue weighted by molar-refractivity contribution is 6.30. The molecule has 9 nitrogen and oxygen atoms in total. The van der Waals surface area contributed by atoms with Crippen molar-refractivity contribution in [3.8, 4) is 17.2 Å². The summed E-state index contributed by atoms with van der Waals surface area (Å²) >= 11 is 5.82. The van der Waals surface area contributed by atoms with E-state index in [1.54, 1.807) is 0 Å². The average molecular weight is 463 g/mol. The van der Waals surface area contributed by atoms with Gasteiger partial charge in [-0.15, -0.1) is 0 Å². The summed E-state index contributed by atoms with van der Waals surface area (Å²) in [4.78, 5) is 35.0. The summed E-state index contributed by atoms with van der Waals surface area (Å²) in [5.41, 5.74) is -0.169. The van der Waals surface area contributed by atoms with Crippen molar-refractivity contribution in [1.82, 2.24) is 5.32 Å². The summed E-state index contributed by atoms with van der Waals surface area (Å²) in [6.07, 6.45) is 5.21. The van der Waals surface area contributed by atoms with Crippen LogP contribution in [0.1, 0.15) is 42.5 Å². The van der Waals surface area contributed by atoms with Crippen LogP contribution in [0.25, 0.3) is 0 Å². The fourth-order valence-electron chi connectivity index (χ4n) is 3.45. The Balaban J connectivity index is 1.65. The Labute approximate surface area is 189 Å². The van der Waals surface area contributed by atoms with Crippen molar-refractivity contribution in [2.45, 2.75) is 38.1 Å². The molecule has 1 saturated carbocycles. The van der Waals surface area contributed by atoms with Gasteiger partial charge in [-0.1, -0.05) is 30.9 Å². The zero-order valence-electron chi connectivity index (χ0n) is 17.5. The van der Waals surface area contributed by atoms with Crippen molar-refractivity contribution < 1.29 is 28.7 Å². The molecule has 1 N–H and O–H groups in total. The van der Waals surface area contributed by atoms with Crippen LogP contribution in [0, 0.1) is 10.1 Å². The molecule has 1 fully saturated rings. The van der Waals surface area contributed by atoms with Crippen LogP contribution < -0.4 is 14.8 Å². The number of carbonyl (C=O) groups is 2. The van der Waals surface area contributed by atoms with Gasteiger partial charge in [0.1, 0.15) is 0 Å². The number of benzene rings is 2. The normalized spacial score (nSPS) is 13.8. The van der Waals surface area contributed by atoms with E-state index in [0.29, 0.717) is 0 Å². The Kier molecular flexibility index (Phi) is 7.88. The summed E-state index contributed by atoms with van der Waals surface area (Å²) in [5, 5.41) is 14.3. The topological polar surface area (TPSA) is 117 Å². The number of methoxy groups -OCH3 is 1. The molecule has 32 heavy (non-hydrogen) atoms. The zero-order chi connectivity index (χ0) is 23.1. The van der Waals surface area contributed by atoms with Crippen LogP contribution in [0.3, 0.4) is 0 Å². The summed E-state index contributed by atoms with van der Waals surface area (Å²) in [6, 6.07) is 8.35. The molecular weight excluding hydrogens is 440 g/mol. The van der Waals surface area contributed by atoms with Crippen LogP contribution in [0.4, 0.5) is 5.69 Å². The lowest BCUT2D eigenvalue weighted by atomic mass is 9.95. The number of nitrogens with zero attached hydrogens (tertiary/aromatic N) is 1. The van der Waals surface area contributed by atoms with E-state index in [1.165, 1.54) is 49.9 Å². The first kappa shape index (κ1) is 23.3. The van der Waals surface area contributed by atoms with Crippen molar-refractivity contribution >= 4 is 29.2 Å². The Hall–Kier alpha value is -3.33. The highest BCUT2D eigenvalue weighted by Gasteiger charge is 2.20. The third kappa shape index (κ3) is 6.10. The molecule has 3 rings (SSSR count). The molecule has 10 heteroatoms. The number of hydrogen-bond donors (Lipinski definition) is 1. The van der Waals surface area contributed by atoms with Gasteiger partial charge in [0.2, 0.25) is 5.75 Å². The molecule has 0 aromatic heterocycles. The molecule has 0 radical (unpaired) electrons. The number of rotatable bonds is 8. The molecule has 0 atom stereocenters. The number of nitro benzene ring substituents is 1. The van der Waals surface area contributed by atoms with Crippen LogP contribution in [-0.4, -0.2) is 36.6 Å². The molecule has 1 aliphatic rings. The minimum absolute atomic E-state index is 0.0348. The second-order valence-electron chi connectivity index (χ2n) is 7.32. The summed E-state index contributed by atoms with van der Waals surface area (Å²) in [6.45, 7) is -0.382. The van der Waals surface area contributed by atoms with E-state index >= 15 is 0 Å². The van der Waals surface area contributed by atoms with Gasteiger partial charge < -0.3 is 19.5 Å². The van der Waals surface area contributed by atoms with Crippen molar-refractivity contribution in [2.75, 3.05) is 13.7 Å². The second-order valence-corrected chi connectivity index (χ2v) is 7.75. The molecule has 2 aromatic rings. The molecule has 170 valence electrons. The second kappa shape index (κ2) is 10.8. The van der Waals surface area contributed by atoms with Crippen molar-refractivity contribution in [3.05, 3.63) is 57.1 Å². The highest BCUT2D eigenvalue weighted by Crippen LogP contribution is 2.38. The van der Waals surface area contributed by atoms with E-state index in [2.05, 4.69) is 5.32 Å². The number of amides is 1. The first-order chi connectivity index (χ1) is 15.4. The maximum atomic E-state index is 12.4. The van der Waals surface area contributed by atoms with Gasteiger partial charge in [0.15, 0.2) is 18.1 Å². The number of nitro groups is 1. The van der Waals surface area contributed by atoms with Gasteiger partial charge in [0.05, 0.1) is 17.6 Å². The fourth-order valence-corrected chi connectivity index (χ4v) is 3.61. The molecule has 0 spiro atoms. The van der Waals surface area contributed by atoms with Gasteiger partial charge >= 0.3 is 11.7 Å². The van der Waals surface area contributed by atoms with Crippen molar-refractivity contribution in [3.63, 3.8) is 0 Å². The minimum atomic E-state index is -0.703. The zero-order valence-corrected chi connectivity index (χ0v) is 18.2. The first-order valence-corrected chi connectivity index (χ1v) is 10.5. The lowest BCUT2D eigenvalue weighted by Crippen LogP contribution is -2.38. The summed E-state index contributed by atoms with van der Waals surface area (Å²) in [7, 11) is 1.37. The van der Waals surface area contributed by atoms with Crippen molar-refractivity contribution in [2.24, 2.45) is 0 Å². The molecule has 0 heterocycles. The third-order valence-corrected chi connectivity index (χ3v) is 5.28. The van der Waals surface area contributed by atoms with E-state index in [0.717, 1.165) is 25.7 Å². The van der Waals surface area contributed by atoms with Crippen LogP contribution >= 0.6 is 11.6 Å². The molecule has 1 amide bonds. The van der Waals surface area contributed by atoms with Gasteiger partial charge in [-0.25, -0.2) is 4.79 Å². The average Bonchev–Trinajstić information content (AvgIpc) is 2.79. The van der Waals surface area contributed by atoms with E-state index in [4.69, 9.17) is 25.8 Å². The van der Waals surface area contributed by atoms with E-state index < -0.39 is 10.9 Å². The fraction of sp³-hybridized carbons (Fsp3) is 0.364. The number of carbonyl (C=O) groups excluding carboxylic acids is 2. The third-order valence-electron chi connectivity index (χ3n) is 5.04. The Bertz CT molecular complexity index is 1010. The smallest absolute Gasteiger partial charge is 0.338 e. The SMILES string of the molecule is COc1cc(C(=O)OCC(=O)NC2CCCCC2)ccc1Oc1ccc(Cl)cc1[N+](=O)[O-]. The van der Waals surface area contributed by atoms with Gasteiger partial charge in [-0.3, -0.25) is 14.9 Å². The Morgan fingerprint density at radius 2 is 1.81 bits per heavy atom. The number of hydrogen-bond acceptors (Lipinski definition) is 7. The Morgan fingerprint density at radius 1 is 1.09 bits per heavy atom. The Morgan fingerprint density at radius 3 is 2.50 bits per heavy atom. The maximum absolute atomic E-state index is 12.4. The number of nitrogens with one attached hydrogen (secondary N) is 1. The molecular formula is C22H23ClN2O7. The molecule has 0 saturated heterocycles. The monoisotopic (exact) mass is 462 g/mol. The predicted octanol–water partition coefficient (Wildman–Crippen LogP) is 4.65. The molecule has 2 aromatic carbocycles. The van der Waals surface area contributed by atoms with E-state index in [-0.39, 0.29) is 52.1 Å². The lowest BCUT2D eigenvalue weighted by molar-refractivity contribution is -0.385. The number of esters is 1.